The number of benzene rings is 1. The van der Waals surface area contributed by atoms with Gasteiger partial charge in [-0.15, -0.1) is 11.3 Å². The zero-order valence-electron chi connectivity index (χ0n) is 11.2. The first-order valence-corrected chi connectivity index (χ1v) is 8.91. The summed E-state index contributed by atoms with van der Waals surface area (Å²) in [6, 6.07) is 8.38. The summed E-state index contributed by atoms with van der Waals surface area (Å²) in [5.41, 5.74) is 1.05. The molecule has 0 radical (unpaired) electrons. The standard InChI is InChI=1S/C14H16N2O2S2/c1-10-7-8-12-13(9-10)19-14(15-12)16-20(17,18)11-5-3-2-4-6-11/h2-6,10H,7-9H2,1H3,(H,15,16). The van der Waals surface area contributed by atoms with Gasteiger partial charge in [-0.2, -0.15) is 0 Å². The molecule has 1 N–H and O–H groups in total. The maximum absolute atomic E-state index is 12.2. The Morgan fingerprint density at radius 2 is 2.05 bits per heavy atom. The van der Waals surface area contributed by atoms with E-state index >= 15 is 0 Å². The van der Waals surface area contributed by atoms with E-state index in [9.17, 15) is 8.42 Å². The van der Waals surface area contributed by atoms with Gasteiger partial charge in [0.1, 0.15) is 0 Å². The van der Waals surface area contributed by atoms with Gasteiger partial charge in [-0.25, -0.2) is 13.4 Å². The Morgan fingerprint density at radius 1 is 1.30 bits per heavy atom. The van der Waals surface area contributed by atoms with Gasteiger partial charge < -0.3 is 0 Å². The number of hydrogen-bond acceptors (Lipinski definition) is 4. The first-order valence-electron chi connectivity index (χ1n) is 6.61. The maximum atomic E-state index is 12.2. The Bertz CT molecular complexity index is 708. The molecule has 3 rings (SSSR count). The van der Waals surface area contributed by atoms with Crippen molar-refractivity contribution in [2.75, 3.05) is 4.72 Å². The second-order valence-corrected chi connectivity index (χ2v) is 7.92. The first kappa shape index (κ1) is 13.6. The molecular weight excluding hydrogens is 292 g/mol. The lowest BCUT2D eigenvalue weighted by Crippen LogP contribution is -2.12. The van der Waals surface area contributed by atoms with Crippen LogP contribution in [-0.2, 0) is 22.9 Å². The highest BCUT2D eigenvalue weighted by Gasteiger charge is 2.22. The molecule has 0 spiro atoms. The van der Waals surface area contributed by atoms with E-state index in [2.05, 4.69) is 16.6 Å². The number of thiazole rings is 1. The van der Waals surface area contributed by atoms with Crippen LogP contribution in [0.5, 0.6) is 0 Å². The van der Waals surface area contributed by atoms with Crippen molar-refractivity contribution in [3.63, 3.8) is 0 Å². The molecular formula is C14H16N2O2S2. The quantitative estimate of drug-likeness (QED) is 0.948. The summed E-state index contributed by atoms with van der Waals surface area (Å²) in [6.07, 6.45) is 3.07. The molecule has 0 saturated carbocycles. The molecule has 0 bridgehead atoms. The van der Waals surface area contributed by atoms with Crippen molar-refractivity contribution in [2.24, 2.45) is 5.92 Å². The van der Waals surface area contributed by atoms with Gasteiger partial charge in [0.25, 0.3) is 10.0 Å². The third-order valence-electron chi connectivity index (χ3n) is 3.46. The van der Waals surface area contributed by atoms with Crippen molar-refractivity contribution in [3.8, 4) is 0 Å². The molecule has 20 heavy (non-hydrogen) atoms. The van der Waals surface area contributed by atoms with Crippen molar-refractivity contribution < 1.29 is 8.42 Å². The molecule has 2 aromatic rings. The van der Waals surface area contributed by atoms with Crippen LogP contribution in [0.25, 0.3) is 0 Å². The number of aromatic nitrogens is 1. The molecule has 106 valence electrons. The van der Waals surface area contributed by atoms with E-state index in [4.69, 9.17) is 0 Å². The second-order valence-electron chi connectivity index (χ2n) is 5.16. The highest BCUT2D eigenvalue weighted by molar-refractivity contribution is 7.93. The van der Waals surface area contributed by atoms with Crippen molar-refractivity contribution in [2.45, 2.75) is 31.1 Å². The lowest BCUT2D eigenvalue weighted by molar-refractivity contribution is 0.502. The average molecular weight is 308 g/mol. The highest BCUT2D eigenvalue weighted by atomic mass is 32.2. The van der Waals surface area contributed by atoms with Crippen molar-refractivity contribution in [1.29, 1.82) is 0 Å². The molecule has 1 atom stereocenters. The zero-order valence-corrected chi connectivity index (χ0v) is 12.8. The molecule has 0 fully saturated rings. The fraction of sp³-hybridized carbons (Fsp3) is 0.357. The summed E-state index contributed by atoms with van der Waals surface area (Å²) in [7, 11) is -3.53. The zero-order chi connectivity index (χ0) is 14.2. The lowest BCUT2D eigenvalue weighted by atomic mass is 9.93. The summed E-state index contributed by atoms with van der Waals surface area (Å²) in [4.78, 5) is 5.91. The van der Waals surface area contributed by atoms with Crippen LogP contribution in [0.1, 0.15) is 23.9 Å². The molecule has 0 aliphatic heterocycles. The summed E-state index contributed by atoms with van der Waals surface area (Å²) in [5, 5.41) is 0.480. The Hall–Kier alpha value is -1.40. The monoisotopic (exact) mass is 308 g/mol. The van der Waals surface area contributed by atoms with E-state index in [0.29, 0.717) is 11.0 Å². The highest BCUT2D eigenvalue weighted by Crippen LogP contribution is 2.32. The van der Waals surface area contributed by atoms with E-state index in [1.54, 1.807) is 30.3 Å². The normalized spacial score (nSPS) is 18.6. The fourth-order valence-corrected chi connectivity index (χ4v) is 4.78. The summed E-state index contributed by atoms with van der Waals surface area (Å²) in [6.45, 7) is 2.22. The largest absolute Gasteiger partial charge is 0.263 e. The molecule has 1 aliphatic rings. The van der Waals surface area contributed by atoms with Crippen molar-refractivity contribution >= 4 is 26.5 Å². The second kappa shape index (κ2) is 5.18. The van der Waals surface area contributed by atoms with E-state index < -0.39 is 10.0 Å². The number of rotatable bonds is 3. The first-order chi connectivity index (χ1) is 9.54. The smallest absolute Gasteiger partial charge is 0.255 e. The number of aryl methyl sites for hydroxylation is 1. The minimum absolute atomic E-state index is 0.265. The van der Waals surface area contributed by atoms with Crippen LogP contribution in [0.15, 0.2) is 35.2 Å². The van der Waals surface area contributed by atoms with Crippen LogP contribution >= 0.6 is 11.3 Å². The third kappa shape index (κ3) is 2.71. The molecule has 1 aliphatic carbocycles. The minimum atomic E-state index is -3.53. The van der Waals surface area contributed by atoms with Crippen molar-refractivity contribution in [1.82, 2.24) is 4.98 Å². The van der Waals surface area contributed by atoms with Crippen LogP contribution in [0, 0.1) is 5.92 Å². The molecule has 1 unspecified atom stereocenters. The van der Waals surface area contributed by atoms with Gasteiger partial charge in [-0.05, 0) is 37.3 Å². The van der Waals surface area contributed by atoms with Crippen LogP contribution in [0.3, 0.4) is 0 Å². The molecule has 1 aromatic carbocycles. The number of hydrogen-bond donors (Lipinski definition) is 1. The Morgan fingerprint density at radius 3 is 2.80 bits per heavy atom. The van der Waals surface area contributed by atoms with Gasteiger partial charge in [0, 0.05) is 4.88 Å². The van der Waals surface area contributed by atoms with Gasteiger partial charge >= 0.3 is 0 Å². The van der Waals surface area contributed by atoms with Crippen LogP contribution in [-0.4, -0.2) is 13.4 Å². The summed E-state index contributed by atoms with van der Waals surface area (Å²) < 4.78 is 27.1. The number of sulfonamides is 1. The Kier molecular flexibility index (Phi) is 3.52. The average Bonchev–Trinajstić information content (AvgIpc) is 2.80. The van der Waals surface area contributed by atoms with E-state index in [1.165, 1.54) is 16.2 Å². The van der Waals surface area contributed by atoms with E-state index in [0.717, 1.165) is 25.0 Å². The van der Waals surface area contributed by atoms with E-state index in [-0.39, 0.29) is 4.90 Å². The minimum Gasteiger partial charge on any atom is -0.255 e. The van der Waals surface area contributed by atoms with Crippen LogP contribution in [0.2, 0.25) is 0 Å². The number of anilines is 1. The molecule has 0 saturated heterocycles. The molecule has 6 heteroatoms. The Labute approximate surface area is 122 Å². The lowest BCUT2D eigenvalue weighted by Gasteiger charge is -2.15. The van der Waals surface area contributed by atoms with Gasteiger partial charge in [0.15, 0.2) is 5.13 Å². The molecule has 1 aromatic heterocycles. The topological polar surface area (TPSA) is 59.1 Å². The fourth-order valence-electron chi connectivity index (χ4n) is 2.36. The van der Waals surface area contributed by atoms with Gasteiger partial charge in [0.05, 0.1) is 10.6 Å². The predicted molar refractivity (Wildman–Crippen MR) is 80.6 cm³/mol. The van der Waals surface area contributed by atoms with Gasteiger partial charge in [-0.1, -0.05) is 25.1 Å². The van der Waals surface area contributed by atoms with Crippen LogP contribution < -0.4 is 4.72 Å². The van der Waals surface area contributed by atoms with Gasteiger partial charge in [0.2, 0.25) is 0 Å². The Balaban J connectivity index is 1.85. The maximum Gasteiger partial charge on any atom is 0.263 e. The third-order valence-corrected chi connectivity index (χ3v) is 5.98. The number of nitrogens with zero attached hydrogens (tertiary/aromatic N) is 1. The predicted octanol–water partition coefficient (Wildman–Crippen LogP) is 3.07. The van der Waals surface area contributed by atoms with Crippen LogP contribution in [0.4, 0.5) is 5.13 Å². The summed E-state index contributed by atoms with van der Waals surface area (Å²) >= 11 is 1.46. The molecule has 4 nitrogen and oxygen atoms in total. The SMILES string of the molecule is CC1CCc2nc(NS(=O)(=O)c3ccccc3)sc2C1. The van der Waals surface area contributed by atoms with Gasteiger partial charge in [-0.3, -0.25) is 4.72 Å². The number of nitrogens with one attached hydrogen (secondary N) is 1. The number of fused-ring (bicyclic) bond motifs is 1. The summed E-state index contributed by atoms with van der Waals surface area (Å²) in [5.74, 6) is 0.654. The van der Waals surface area contributed by atoms with E-state index in [1.807, 2.05) is 0 Å². The molecule has 1 heterocycles. The molecule has 0 amide bonds. The van der Waals surface area contributed by atoms with Crippen molar-refractivity contribution in [3.05, 3.63) is 40.9 Å².